The number of sulfonamides is 1. The third-order valence-corrected chi connectivity index (χ3v) is 5.32. The van der Waals surface area contributed by atoms with E-state index in [0.29, 0.717) is 32.2 Å². The van der Waals surface area contributed by atoms with Crippen molar-refractivity contribution in [1.82, 2.24) is 15.4 Å². The number of rotatable bonds is 8. The van der Waals surface area contributed by atoms with E-state index in [0.717, 1.165) is 24.9 Å². The van der Waals surface area contributed by atoms with Crippen molar-refractivity contribution in [3.8, 4) is 12.3 Å². The molecule has 0 aromatic heterocycles. The van der Waals surface area contributed by atoms with Gasteiger partial charge in [-0.3, -0.25) is 0 Å². The highest BCUT2D eigenvalue weighted by molar-refractivity contribution is 14.0. The molecule has 1 aliphatic rings. The maximum Gasteiger partial charge on any atom is 0.240 e. The van der Waals surface area contributed by atoms with Crippen molar-refractivity contribution in [1.29, 1.82) is 0 Å². The smallest absolute Gasteiger partial charge is 0.240 e. The lowest BCUT2D eigenvalue weighted by Gasteiger charge is -2.12. The van der Waals surface area contributed by atoms with Gasteiger partial charge in [0.2, 0.25) is 10.0 Å². The largest absolute Gasteiger partial charge is 0.377 e. The summed E-state index contributed by atoms with van der Waals surface area (Å²) in [6, 6.07) is 6.69. The van der Waals surface area contributed by atoms with Gasteiger partial charge in [0.15, 0.2) is 5.96 Å². The van der Waals surface area contributed by atoms with E-state index in [1.165, 1.54) is 0 Å². The van der Waals surface area contributed by atoms with Crippen LogP contribution < -0.4 is 15.4 Å². The number of nitrogens with one attached hydrogen (secondary N) is 3. The number of hydrogen-bond acceptors (Lipinski definition) is 4. The highest BCUT2D eigenvalue weighted by Crippen LogP contribution is 2.14. The van der Waals surface area contributed by atoms with E-state index >= 15 is 0 Å². The summed E-state index contributed by atoms with van der Waals surface area (Å²) in [4.78, 5) is 4.66. The highest BCUT2D eigenvalue weighted by Gasteiger charge is 2.20. The summed E-state index contributed by atoms with van der Waals surface area (Å²) >= 11 is 0. The molecule has 0 bridgehead atoms. The Bertz CT molecular complexity index is 739. The topological polar surface area (TPSA) is 91.8 Å². The van der Waals surface area contributed by atoms with Crippen LogP contribution in [0.1, 0.15) is 25.3 Å². The number of halogens is 1. The molecule has 0 radical (unpaired) electrons. The molecule has 1 unspecified atom stereocenters. The SMILES string of the molecule is C#CCNC(=NCc1ccc(S(=O)(=O)NCC2CCCO2)cc1)NCC.I. The maximum atomic E-state index is 12.3. The molecule has 27 heavy (non-hydrogen) atoms. The van der Waals surface area contributed by atoms with Gasteiger partial charge in [-0.1, -0.05) is 18.1 Å². The van der Waals surface area contributed by atoms with Gasteiger partial charge in [-0.2, -0.15) is 0 Å². The normalized spacial score (nSPS) is 17.0. The number of ether oxygens (including phenoxy) is 1. The third-order valence-electron chi connectivity index (χ3n) is 3.88. The van der Waals surface area contributed by atoms with Crippen LogP contribution in [-0.2, 0) is 21.3 Å². The fourth-order valence-electron chi connectivity index (χ4n) is 2.51. The molecule has 150 valence electrons. The fraction of sp³-hybridized carbons (Fsp3) is 0.500. The Labute approximate surface area is 178 Å². The van der Waals surface area contributed by atoms with E-state index in [1.807, 2.05) is 6.92 Å². The minimum atomic E-state index is -3.53. The Kier molecular flexibility index (Phi) is 10.7. The van der Waals surface area contributed by atoms with Gasteiger partial charge in [-0.25, -0.2) is 18.1 Å². The van der Waals surface area contributed by atoms with Crippen LogP contribution >= 0.6 is 24.0 Å². The molecule has 1 aliphatic heterocycles. The lowest BCUT2D eigenvalue weighted by Crippen LogP contribution is -2.37. The second-order valence-corrected chi connectivity index (χ2v) is 7.65. The Morgan fingerprint density at radius 1 is 1.33 bits per heavy atom. The van der Waals surface area contributed by atoms with Gasteiger partial charge in [0.25, 0.3) is 0 Å². The molecule has 1 heterocycles. The number of aliphatic imine (C=N–C) groups is 1. The van der Waals surface area contributed by atoms with E-state index < -0.39 is 10.0 Å². The zero-order chi connectivity index (χ0) is 18.8. The molecule has 3 N–H and O–H groups in total. The third kappa shape index (κ3) is 8.04. The molecule has 1 saturated heterocycles. The summed E-state index contributed by atoms with van der Waals surface area (Å²) in [6.07, 6.45) is 7.08. The van der Waals surface area contributed by atoms with Crippen molar-refractivity contribution < 1.29 is 13.2 Å². The predicted octanol–water partition coefficient (Wildman–Crippen LogP) is 1.45. The number of hydrogen-bond donors (Lipinski definition) is 3. The lowest BCUT2D eigenvalue weighted by molar-refractivity contribution is 0.114. The molecule has 1 aromatic carbocycles. The van der Waals surface area contributed by atoms with Crippen molar-refractivity contribution >= 4 is 40.0 Å². The summed E-state index contributed by atoms with van der Waals surface area (Å²) in [5.74, 6) is 3.12. The Balaban J connectivity index is 0.00000364. The summed E-state index contributed by atoms with van der Waals surface area (Å²) < 4.78 is 32.7. The highest BCUT2D eigenvalue weighted by atomic mass is 127. The number of terminal acetylenes is 1. The van der Waals surface area contributed by atoms with Crippen molar-refractivity contribution in [2.45, 2.75) is 37.3 Å². The molecule has 0 spiro atoms. The van der Waals surface area contributed by atoms with Crippen LogP contribution in [0.2, 0.25) is 0 Å². The zero-order valence-corrected chi connectivity index (χ0v) is 18.5. The van der Waals surface area contributed by atoms with E-state index in [2.05, 4.69) is 26.3 Å². The van der Waals surface area contributed by atoms with E-state index in [9.17, 15) is 8.42 Å². The summed E-state index contributed by atoms with van der Waals surface area (Å²) in [7, 11) is -3.53. The lowest BCUT2D eigenvalue weighted by atomic mass is 10.2. The quantitative estimate of drug-likeness (QED) is 0.215. The van der Waals surface area contributed by atoms with Gasteiger partial charge in [-0.05, 0) is 37.5 Å². The predicted molar refractivity (Wildman–Crippen MR) is 118 cm³/mol. The minimum absolute atomic E-state index is 0. The van der Waals surface area contributed by atoms with Gasteiger partial charge in [0, 0.05) is 19.7 Å². The van der Waals surface area contributed by atoms with Crippen LogP contribution in [0.15, 0.2) is 34.2 Å². The molecule has 7 nitrogen and oxygen atoms in total. The minimum Gasteiger partial charge on any atom is -0.377 e. The van der Waals surface area contributed by atoms with Crippen LogP contribution in [0, 0.1) is 12.3 Å². The molecule has 1 aromatic rings. The molecule has 9 heteroatoms. The van der Waals surface area contributed by atoms with Gasteiger partial charge in [-0.15, -0.1) is 30.4 Å². The Morgan fingerprint density at radius 2 is 2.07 bits per heavy atom. The molecular formula is C18H27IN4O3S. The molecule has 2 rings (SSSR count). The maximum absolute atomic E-state index is 12.3. The van der Waals surface area contributed by atoms with Crippen LogP contribution in [0.5, 0.6) is 0 Å². The first kappa shape index (κ1) is 23.7. The van der Waals surface area contributed by atoms with Crippen molar-refractivity contribution in [3.05, 3.63) is 29.8 Å². The molecule has 0 amide bonds. The van der Waals surface area contributed by atoms with Gasteiger partial charge < -0.3 is 15.4 Å². The fourth-order valence-corrected chi connectivity index (χ4v) is 3.58. The molecule has 1 fully saturated rings. The monoisotopic (exact) mass is 506 g/mol. The van der Waals surface area contributed by atoms with Crippen molar-refractivity contribution in [3.63, 3.8) is 0 Å². The first-order valence-electron chi connectivity index (χ1n) is 8.71. The average Bonchev–Trinajstić information content (AvgIpc) is 3.16. The van der Waals surface area contributed by atoms with E-state index in [-0.39, 0.29) is 35.0 Å². The van der Waals surface area contributed by atoms with Crippen molar-refractivity contribution in [2.24, 2.45) is 4.99 Å². The van der Waals surface area contributed by atoms with Crippen molar-refractivity contribution in [2.75, 3.05) is 26.2 Å². The molecule has 1 atom stereocenters. The molecular weight excluding hydrogens is 479 g/mol. The van der Waals surface area contributed by atoms with E-state index in [4.69, 9.17) is 11.2 Å². The number of benzene rings is 1. The summed E-state index contributed by atoms with van der Waals surface area (Å²) in [5, 5.41) is 6.10. The summed E-state index contributed by atoms with van der Waals surface area (Å²) in [5.41, 5.74) is 0.904. The van der Waals surface area contributed by atoms with Crippen LogP contribution in [-0.4, -0.2) is 46.7 Å². The number of nitrogens with zero attached hydrogens (tertiary/aromatic N) is 1. The first-order valence-corrected chi connectivity index (χ1v) is 10.2. The Morgan fingerprint density at radius 3 is 2.67 bits per heavy atom. The van der Waals surface area contributed by atoms with Gasteiger partial charge in [0.05, 0.1) is 24.1 Å². The Hall–Kier alpha value is -1.35. The number of guanidine groups is 1. The van der Waals surface area contributed by atoms with Gasteiger partial charge in [0.1, 0.15) is 0 Å². The second kappa shape index (κ2) is 12.2. The zero-order valence-electron chi connectivity index (χ0n) is 15.4. The van der Waals surface area contributed by atoms with Gasteiger partial charge >= 0.3 is 0 Å². The van der Waals surface area contributed by atoms with E-state index in [1.54, 1.807) is 24.3 Å². The second-order valence-electron chi connectivity index (χ2n) is 5.88. The standard InChI is InChI=1S/C18H26N4O3S.HI/c1-3-11-20-18(19-4-2)21-13-15-7-9-17(10-8-15)26(23,24)22-14-16-6-5-12-25-16;/h1,7-10,16,22H,4-6,11-14H2,2H3,(H2,19,20,21);1H. The molecule has 0 aliphatic carbocycles. The average molecular weight is 506 g/mol. The van der Waals surface area contributed by atoms with Crippen LogP contribution in [0.4, 0.5) is 0 Å². The molecule has 0 saturated carbocycles. The van der Waals surface area contributed by atoms with Crippen LogP contribution in [0.3, 0.4) is 0 Å². The summed E-state index contributed by atoms with van der Waals surface area (Å²) in [6.45, 7) is 4.51. The first-order chi connectivity index (χ1) is 12.5. The van der Waals surface area contributed by atoms with Crippen LogP contribution in [0.25, 0.3) is 0 Å².